The van der Waals surface area contributed by atoms with Gasteiger partial charge in [0, 0.05) is 13.1 Å². The van der Waals surface area contributed by atoms with E-state index in [0.29, 0.717) is 17.7 Å². The molecule has 34 heavy (non-hydrogen) atoms. The molecule has 0 N–H and O–H groups in total. The van der Waals surface area contributed by atoms with Crippen molar-refractivity contribution in [1.82, 2.24) is 18.7 Å². The van der Waals surface area contributed by atoms with Crippen LogP contribution >= 0.6 is 0 Å². The minimum atomic E-state index is -4.47. The molecule has 9 heteroatoms. The standard InChI is InChI=1S/C25H25F3N4O2/c1-16(2)11-12-31-23(33)21-22(32(24(31)34)20-10-5-4-7-17(20)3)29-15-30(21)14-18-8-6-9-19(13-18)25(26,27)28/h4-10,13,15-16H,11-12,14H2,1-3H3. The van der Waals surface area contributed by atoms with E-state index < -0.39 is 23.0 Å². The van der Waals surface area contributed by atoms with Crippen LogP contribution in [0.3, 0.4) is 0 Å². The van der Waals surface area contributed by atoms with Gasteiger partial charge >= 0.3 is 11.9 Å². The molecule has 0 unspecified atom stereocenters. The fraction of sp³-hybridized carbons (Fsp3) is 0.320. The Kier molecular flexibility index (Phi) is 6.20. The lowest BCUT2D eigenvalue weighted by Crippen LogP contribution is -2.40. The summed E-state index contributed by atoms with van der Waals surface area (Å²) in [5, 5.41) is 0. The van der Waals surface area contributed by atoms with Crippen molar-refractivity contribution in [3.63, 3.8) is 0 Å². The second-order valence-corrected chi connectivity index (χ2v) is 8.79. The monoisotopic (exact) mass is 470 g/mol. The van der Waals surface area contributed by atoms with E-state index in [1.165, 1.54) is 26.1 Å². The molecule has 0 saturated heterocycles. The van der Waals surface area contributed by atoms with Crippen LogP contribution in [0.5, 0.6) is 0 Å². The van der Waals surface area contributed by atoms with Gasteiger partial charge in [0.05, 0.1) is 17.6 Å². The molecule has 0 atom stereocenters. The number of rotatable bonds is 6. The number of aromatic nitrogens is 4. The van der Waals surface area contributed by atoms with Gasteiger partial charge in [-0.2, -0.15) is 13.2 Å². The van der Waals surface area contributed by atoms with Gasteiger partial charge in [-0.15, -0.1) is 0 Å². The molecule has 178 valence electrons. The van der Waals surface area contributed by atoms with Crippen LogP contribution in [0.25, 0.3) is 16.9 Å². The minimum Gasteiger partial charge on any atom is -0.320 e. The normalized spacial score (nSPS) is 12.1. The Hall–Kier alpha value is -3.62. The summed E-state index contributed by atoms with van der Waals surface area (Å²) in [6.07, 6.45) is -2.45. The zero-order valence-corrected chi connectivity index (χ0v) is 19.1. The molecule has 2 aromatic heterocycles. The molecule has 0 saturated carbocycles. The summed E-state index contributed by atoms with van der Waals surface area (Å²) in [4.78, 5) is 31.2. The zero-order valence-electron chi connectivity index (χ0n) is 19.1. The summed E-state index contributed by atoms with van der Waals surface area (Å²) < 4.78 is 43.6. The third-order valence-electron chi connectivity index (χ3n) is 5.79. The van der Waals surface area contributed by atoms with E-state index >= 15 is 0 Å². The van der Waals surface area contributed by atoms with Crippen LogP contribution in [0.15, 0.2) is 64.4 Å². The first-order valence-corrected chi connectivity index (χ1v) is 11.0. The number of aryl methyl sites for hydroxylation is 1. The number of nitrogens with zero attached hydrogens (tertiary/aromatic N) is 4. The predicted octanol–water partition coefficient (Wildman–Crippen LogP) is 4.77. The third kappa shape index (κ3) is 4.42. The number of halogens is 3. The molecule has 0 aliphatic rings. The third-order valence-corrected chi connectivity index (χ3v) is 5.79. The number of alkyl halides is 3. The molecule has 0 spiro atoms. The highest BCUT2D eigenvalue weighted by molar-refractivity contribution is 5.73. The highest BCUT2D eigenvalue weighted by atomic mass is 19.4. The molecule has 0 bridgehead atoms. The largest absolute Gasteiger partial charge is 0.416 e. The van der Waals surface area contributed by atoms with Crippen molar-refractivity contribution in [3.8, 4) is 5.69 Å². The fourth-order valence-corrected chi connectivity index (χ4v) is 3.96. The lowest BCUT2D eigenvalue weighted by atomic mass is 10.1. The van der Waals surface area contributed by atoms with Crippen LogP contribution in [-0.4, -0.2) is 18.7 Å². The lowest BCUT2D eigenvalue weighted by Gasteiger charge is -2.15. The van der Waals surface area contributed by atoms with E-state index in [1.54, 1.807) is 18.2 Å². The Morgan fingerprint density at radius 1 is 1.03 bits per heavy atom. The summed E-state index contributed by atoms with van der Waals surface area (Å²) in [6.45, 7) is 6.09. The van der Waals surface area contributed by atoms with E-state index in [2.05, 4.69) is 4.98 Å². The first-order valence-electron chi connectivity index (χ1n) is 11.0. The summed E-state index contributed by atoms with van der Waals surface area (Å²) in [5.41, 5.74) is 0.386. The lowest BCUT2D eigenvalue weighted by molar-refractivity contribution is -0.137. The first kappa shape index (κ1) is 23.5. The van der Waals surface area contributed by atoms with Crippen LogP contribution < -0.4 is 11.2 Å². The molecule has 4 aromatic rings. The van der Waals surface area contributed by atoms with Crippen LogP contribution in [0.4, 0.5) is 13.2 Å². The van der Waals surface area contributed by atoms with E-state index in [-0.39, 0.29) is 30.2 Å². The van der Waals surface area contributed by atoms with Crippen molar-refractivity contribution in [2.45, 2.75) is 46.5 Å². The maximum atomic E-state index is 13.4. The fourth-order valence-electron chi connectivity index (χ4n) is 3.96. The van der Waals surface area contributed by atoms with E-state index in [1.807, 2.05) is 32.9 Å². The van der Waals surface area contributed by atoms with Gasteiger partial charge in [0.15, 0.2) is 11.2 Å². The van der Waals surface area contributed by atoms with E-state index in [4.69, 9.17) is 0 Å². The Bertz CT molecular complexity index is 1460. The molecule has 0 fully saturated rings. The molecule has 0 aliphatic carbocycles. The van der Waals surface area contributed by atoms with Gasteiger partial charge in [-0.25, -0.2) is 14.3 Å². The van der Waals surface area contributed by atoms with Gasteiger partial charge in [0.25, 0.3) is 5.56 Å². The Labute approximate surface area is 193 Å². The molecule has 2 aromatic carbocycles. The van der Waals surface area contributed by atoms with Crippen LogP contribution in [-0.2, 0) is 19.3 Å². The van der Waals surface area contributed by atoms with Gasteiger partial charge in [-0.05, 0) is 48.6 Å². The summed E-state index contributed by atoms with van der Waals surface area (Å²) in [5.74, 6) is 0.268. The predicted molar refractivity (Wildman–Crippen MR) is 124 cm³/mol. The molecule has 4 rings (SSSR count). The Morgan fingerprint density at radius 3 is 2.44 bits per heavy atom. The van der Waals surface area contributed by atoms with E-state index in [0.717, 1.165) is 17.7 Å². The average Bonchev–Trinajstić information content (AvgIpc) is 3.17. The Balaban J connectivity index is 1.94. The van der Waals surface area contributed by atoms with Crippen molar-refractivity contribution >= 4 is 11.2 Å². The quantitative estimate of drug-likeness (QED) is 0.408. The van der Waals surface area contributed by atoms with E-state index in [9.17, 15) is 22.8 Å². The van der Waals surface area contributed by atoms with Crippen molar-refractivity contribution in [2.75, 3.05) is 0 Å². The number of fused-ring (bicyclic) bond motifs is 1. The molecule has 6 nitrogen and oxygen atoms in total. The number of para-hydroxylation sites is 1. The number of hydrogen-bond donors (Lipinski definition) is 0. The summed E-state index contributed by atoms with van der Waals surface area (Å²) in [6, 6.07) is 12.2. The second kappa shape index (κ2) is 8.96. The number of hydrogen-bond acceptors (Lipinski definition) is 3. The highest BCUT2D eigenvalue weighted by Crippen LogP contribution is 2.30. The zero-order chi connectivity index (χ0) is 24.6. The maximum Gasteiger partial charge on any atom is 0.416 e. The smallest absolute Gasteiger partial charge is 0.320 e. The van der Waals surface area contributed by atoms with Gasteiger partial charge in [0.1, 0.15) is 0 Å². The molecule has 0 aliphatic heterocycles. The van der Waals surface area contributed by atoms with Crippen LogP contribution in [0.1, 0.15) is 37.0 Å². The van der Waals surface area contributed by atoms with Crippen molar-refractivity contribution < 1.29 is 13.2 Å². The molecular formula is C25H25F3N4O2. The second-order valence-electron chi connectivity index (χ2n) is 8.79. The van der Waals surface area contributed by atoms with Gasteiger partial charge in [0.2, 0.25) is 0 Å². The van der Waals surface area contributed by atoms with Gasteiger partial charge < -0.3 is 4.57 Å². The highest BCUT2D eigenvalue weighted by Gasteiger charge is 2.30. The number of imidazole rings is 1. The van der Waals surface area contributed by atoms with Crippen molar-refractivity contribution in [2.24, 2.45) is 5.92 Å². The van der Waals surface area contributed by atoms with Crippen molar-refractivity contribution in [1.29, 1.82) is 0 Å². The summed E-state index contributed by atoms with van der Waals surface area (Å²) >= 11 is 0. The number of benzene rings is 2. The SMILES string of the molecule is Cc1ccccc1-n1c(=O)n(CCC(C)C)c(=O)c2c1ncn2Cc1cccc(C(F)(F)F)c1. The van der Waals surface area contributed by atoms with Crippen LogP contribution in [0.2, 0.25) is 0 Å². The topological polar surface area (TPSA) is 61.8 Å². The minimum absolute atomic E-state index is 0.00577. The Morgan fingerprint density at radius 2 is 1.76 bits per heavy atom. The average molecular weight is 470 g/mol. The molecular weight excluding hydrogens is 445 g/mol. The maximum absolute atomic E-state index is 13.4. The van der Waals surface area contributed by atoms with Gasteiger partial charge in [-0.3, -0.25) is 9.36 Å². The first-order chi connectivity index (χ1) is 16.1. The molecule has 0 amide bonds. The molecule has 2 heterocycles. The van der Waals surface area contributed by atoms with Gasteiger partial charge in [-0.1, -0.05) is 44.2 Å². The summed E-state index contributed by atoms with van der Waals surface area (Å²) in [7, 11) is 0. The van der Waals surface area contributed by atoms with Crippen molar-refractivity contribution in [3.05, 3.63) is 92.4 Å². The molecule has 0 radical (unpaired) electrons. The van der Waals surface area contributed by atoms with Crippen LogP contribution in [0, 0.1) is 12.8 Å².